The number of primary amides is 1. The van der Waals surface area contributed by atoms with Crippen molar-refractivity contribution in [1.82, 2.24) is 19.9 Å². The molecular weight excluding hydrogens is 473 g/mol. The first-order valence-corrected chi connectivity index (χ1v) is 12.0. The number of amides is 2. The van der Waals surface area contributed by atoms with Crippen molar-refractivity contribution >= 4 is 33.5 Å². The van der Waals surface area contributed by atoms with E-state index in [9.17, 15) is 18.2 Å². The minimum absolute atomic E-state index is 0.223. The fourth-order valence-corrected chi connectivity index (χ4v) is 4.37. The van der Waals surface area contributed by atoms with E-state index >= 15 is 0 Å². The van der Waals surface area contributed by atoms with E-state index in [0.29, 0.717) is 44.1 Å². The molecule has 2 aromatic heterocycles. The SMILES string of the molecule is COc1ccc(F)c(-c2cnc(Cn3cc(S(C)=O)c4ccc(C(=O)NCC(N)=O)cc43)nc2)c1. The molecule has 1 unspecified atom stereocenters. The molecule has 0 radical (unpaired) electrons. The molecule has 0 spiro atoms. The van der Waals surface area contributed by atoms with Crippen LogP contribution in [0.25, 0.3) is 22.0 Å². The fraction of sp³-hybridized carbons (Fsp3) is 0.167. The molecule has 0 aliphatic carbocycles. The zero-order chi connectivity index (χ0) is 25.1. The fourth-order valence-electron chi connectivity index (χ4n) is 3.61. The van der Waals surface area contributed by atoms with Crippen LogP contribution in [0.1, 0.15) is 16.2 Å². The summed E-state index contributed by atoms with van der Waals surface area (Å²) in [4.78, 5) is 32.7. The van der Waals surface area contributed by atoms with E-state index in [0.717, 1.165) is 0 Å². The van der Waals surface area contributed by atoms with Gasteiger partial charge in [0.25, 0.3) is 5.91 Å². The third-order valence-electron chi connectivity index (χ3n) is 5.34. The Morgan fingerprint density at radius 2 is 1.91 bits per heavy atom. The lowest BCUT2D eigenvalue weighted by atomic mass is 10.1. The first-order chi connectivity index (χ1) is 16.8. The summed E-state index contributed by atoms with van der Waals surface area (Å²) < 4.78 is 33.5. The number of benzene rings is 2. The van der Waals surface area contributed by atoms with Crippen molar-refractivity contribution in [3.63, 3.8) is 0 Å². The standard InChI is InChI=1S/C24H22FN5O4S/c1-34-16-4-6-19(25)18(8-16)15-9-27-23(28-10-15)13-30-12-21(35(2)33)17-5-3-14(7-20(17)30)24(32)29-11-22(26)31/h3-10,12H,11,13H2,1-2H3,(H2,26,31)(H,29,32). The first kappa shape index (κ1) is 24.0. The molecule has 4 rings (SSSR count). The Hall–Kier alpha value is -4.12. The van der Waals surface area contributed by atoms with Gasteiger partial charge in [0.2, 0.25) is 5.91 Å². The summed E-state index contributed by atoms with van der Waals surface area (Å²) in [6.45, 7) is -0.0584. The normalized spacial score (nSPS) is 11.9. The van der Waals surface area contributed by atoms with Gasteiger partial charge in [0, 0.05) is 46.9 Å². The number of hydrogen-bond acceptors (Lipinski definition) is 6. The van der Waals surface area contributed by atoms with E-state index in [-0.39, 0.29) is 13.1 Å². The summed E-state index contributed by atoms with van der Waals surface area (Å²) in [5.74, 6) is -0.582. The molecule has 0 fully saturated rings. The summed E-state index contributed by atoms with van der Waals surface area (Å²) >= 11 is 0. The van der Waals surface area contributed by atoms with Crippen LogP contribution in [0.4, 0.5) is 4.39 Å². The van der Waals surface area contributed by atoms with Crippen molar-refractivity contribution in [2.45, 2.75) is 11.4 Å². The van der Waals surface area contributed by atoms with E-state index in [1.165, 1.54) is 31.6 Å². The van der Waals surface area contributed by atoms with Crippen molar-refractivity contribution < 1.29 is 22.9 Å². The van der Waals surface area contributed by atoms with Crippen LogP contribution in [0.15, 0.2) is 59.9 Å². The second kappa shape index (κ2) is 10.0. The van der Waals surface area contributed by atoms with Crippen LogP contribution < -0.4 is 15.8 Å². The van der Waals surface area contributed by atoms with Gasteiger partial charge in [0.05, 0.1) is 41.4 Å². The first-order valence-electron chi connectivity index (χ1n) is 10.4. The number of ether oxygens (including phenoxy) is 1. The number of hydrogen-bond donors (Lipinski definition) is 2. The molecule has 0 saturated carbocycles. The number of nitrogens with zero attached hydrogens (tertiary/aromatic N) is 3. The van der Waals surface area contributed by atoms with E-state index in [4.69, 9.17) is 10.5 Å². The summed E-state index contributed by atoms with van der Waals surface area (Å²) in [6.07, 6.45) is 6.34. The smallest absolute Gasteiger partial charge is 0.251 e. The van der Waals surface area contributed by atoms with Crippen LogP contribution in [0.5, 0.6) is 5.75 Å². The maximum absolute atomic E-state index is 14.3. The molecule has 0 saturated heterocycles. The van der Waals surface area contributed by atoms with E-state index < -0.39 is 28.4 Å². The average Bonchev–Trinajstić information content (AvgIpc) is 3.21. The molecule has 2 amide bonds. The number of methoxy groups -OCH3 is 1. The Kier molecular flexibility index (Phi) is 6.87. The van der Waals surface area contributed by atoms with Gasteiger partial charge in [0.15, 0.2) is 0 Å². The molecular formula is C24H22FN5O4S. The quantitative estimate of drug-likeness (QED) is 0.386. The third kappa shape index (κ3) is 5.19. The lowest BCUT2D eigenvalue weighted by Crippen LogP contribution is -2.33. The van der Waals surface area contributed by atoms with Gasteiger partial charge < -0.3 is 20.4 Å². The summed E-state index contributed by atoms with van der Waals surface area (Å²) in [5, 5.41) is 3.16. The zero-order valence-electron chi connectivity index (χ0n) is 18.9. The molecule has 0 bridgehead atoms. The Bertz CT molecular complexity index is 1450. The molecule has 1 atom stereocenters. The number of carbonyl (C=O) groups excluding carboxylic acids is 2. The molecule has 9 nitrogen and oxygen atoms in total. The topological polar surface area (TPSA) is 129 Å². The van der Waals surface area contributed by atoms with Crippen LogP contribution in [-0.2, 0) is 22.1 Å². The second-order valence-corrected chi connectivity index (χ2v) is 9.04. The van der Waals surface area contributed by atoms with Crippen LogP contribution >= 0.6 is 0 Å². The molecule has 3 N–H and O–H groups in total. The number of fused-ring (bicyclic) bond motifs is 1. The Balaban J connectivity index is 1.66. The molecule has 11 heteroatoms. The van der Waals surface area contributed by atoms with Crippen molar-refractivity contribution in [2.24, 2.45) is 5.73 Å². The van der Waals surface area contributed by atoms with Gasteiger partial charge in [-0.05, 0) is 30.3 Å². The summed E-state index contributed by atoms with van der Waals surface area (Å²) in [5.41, 5.74) is 6.87. The van der Waals surface area contributed by atoms with Crippen molar-refractivity contribution in [3.05, 3.63) is 72.2 Å². The molecule has 180 valence electrons. The number of rotatable bonds is 8. The summed E-state index contributed by atoms with van der Waals surface area (Å²) in [7, 11) is 0.223. The second-order valence-electron chi connectivity index (χ2n) is 7.69. The highest BCUT2D eigenvalue weighted by molar-refractivity contribution is 7.84. The Morgan fingerprint density at radius 1 is 1.17 bits per heavy atom. The van der Waals surface area contributed by atoms with Crippen molar-refractivity contribution in [3.8, 4) is 16.9 Å². The van der Waals surface area contributed by atoms with Gasteiger partial charge in [-0.15, -0.1) is 0 Å². The molecule has 0 aliphatic rings. The molecule has 2 aromatic carbocycles. The lowest BCUT2D eigenvalue weighted by molar-refractivity contribution is -0.117. The van der Waals surface area contributed by atoms with Gasteiger partial charge in [0.1, 0.15) is 17.4 Å². The highest BCUT2D eigenvalue weighted by atomic mass is 32.2. The minimum atomic E-state index is -1.28. The lowest BCUT2D eigenvalue weighted by Gasteiger charge is -2.08. The highest BCUT2D eigenvalue weighted by Crippen LogP contribution is 2.28. The van der Waals surface area contributed by atoms with E-state index in [1.807, 2.05) is 0 Å². The van der Waals surface area contributed by atoms with Crippen molar-refractivity contribution in [2.75, 3.05) is 19.9 Å². The average molecular weight is 496 g/mol. The molecule has 4 aromatic rings. The van der Waals surface area contributed by atoms with Crippen LogP contribution in [0.2, 0.25) is 0 Å². The molecule has 2 heterocycles. The van der Waals surface area contributed by atoms with Gasteiger partial charge >= 0.3 is 0 Å². The van der Waals surface area contributed by atoms with Gasteiger partial charge in [-0.2, -0.15) is 0 Å². The number of carbonyl (C=O) groups is 2. The van der Waals surface area contributed by atoms with Gasteiger partial charge in [-0.3, -0.25) is 13.8 Å². The minimum Gasteiger partial charge on any atom is -0.497 e. The predicted octanol–water partition coefficient (Wildman–Crippen LogP) is 2.25. The number of nitrogens with two attached hydrogens (primary N) is 1. The van der Waals surface area contributed by atoms with Crippen LogP contribution in [0, 0.1) is 5.82 Å². The number of halogens is 1. The Labute approximate surface area is 202 Å². The maximum Gasteiger partial charge on any atom is 0.251 e. The summed E-state index contributed by atoms with van der Waals surface area (Å²) in [6, 6.07) is 9.36. The van der Waals surface area contributed by atoms with Gasteiger partial charge in [-0.25, -0.2) is 14.4 Å². The third-order valence-corrected chi connectivity index (χ3v) is 6.29. The largest absolute Gasteiger partial charge is 0.497 e. The Morgan fingerprint density at radius 3 is 2.57 bits per heavy atom. The molecule has 35 heavy (non-hydrogen) atoms. The van der Waals surface area contributed by atoms with E-state index in [1.54, 1.807) is 41.3 Å². The maximum atomic E-state index is 14.3. The molecule has 0 aliphatic heterocycles. The number of aromatic nitrogens is 3. The van der Waals surface area contributed by atoms with Crippen LogP contribution in [0.3, 0.4) is 0 Å². The predicted molar refractivity (Wildman–Crippen MR) is 129 cm³/mol. The zero-order valence-corrected chi connectivity index (χ0v) is 19.8. The van der Waals surface area contributed by atoms with Crippen LogP contribution in [-0.4, -0.2) is 50.5 Å². The van der Waals surface area contributed by atoms with Crippen molar-refractivity contribution in [1.29, 1.82) is 0 Å². The van der Waals surface area contributed by atoms with Gasteiger partial charge in [-0.1, -0.05) is 6.07 Å². The van der Waals surface area contributed by atoms with E-state index in [2.05, 4.69) is 15.3 Å². The highest BCUT2D eigenvalue weighted by Gasteiger charge is 2.16. The number of nitrogens with one attached hydrogen (secondary N) is 1. The monoisotopic (exact) mass is 495 g/mol.